The van der Waals surface area contributed by atoms with Gasteiger partial charge in [-0.25, -0.2) is 0 Å². The minimum absolute atomic E-state index is 0.609. The van der Waals surface area contributed by atoms with Crippen LogP contribution in [0.25, 0.3) is 11.0 Å². The van der Waals surface area contributed by atoms with Crippen molar-refractivity contribution in [3.63, 3.8) is 0 Å². The number of furan rings is 1. The summed E-state index contributed by atoms with van der Waals surface area (Å²) in [5, 5.41) is 1.85. The zero-order valence-electron chi connectivity index (χ0n) is 9.21. The molecule has 0 atom stereocenters. The van der Waals surface area contributed by atoms with Crippen molar-refractivity contribution in [3.8, 4) is 0 Å². The molecule has 1 aliphatic carbocycles. The van der Waals surface area contributed by atoms with Gasteiger partial charge in [0.2, 0.25) is 0 Å². The minimum Gasteiger partial charge on any atom is -0.459 e. The number of hydrogen-bond acceptors (Lipinski definition) is 1. The molecule has 84 valence electrons. The lowest BCUT2D eigenvalue weighted by atomic mass is 9.87. The van der Waals surface area contributed by atoms with Crippen molar-refractivity contribution in [2.45, 2.75) is 38.0 Å². The standard InChI is InChI=1S/C14H15ClO/c15-12-8-4-7-11-9-13(16-14(11)12)10-5-2-1-3-6-10/h4,7-10H,1-3,5-6H2. The van der Waals surface area contributed by atoms with E-state index in [9.17, 15) is 0 Å². The lowest BCUT2D eigenvalue weighted by Crippen LogP contribution is -2.02. The van der Waals surface area contributed by atoms with Crippen molar-refractivity contribution in [3.05, 3.63) is 35.0 Å². The number of hydrogen-bond donors (Lipinski definition) is 0. The molecule has 0 spiro atoms. The van der Waals surface area contributed by atoms with E-state index in [0.29, 0.717) is 5.92 Å². The van der Waals surface area contributed by atoms with E-state index in [-0.39, 0.29) is 0 Å². The summed E-state index contributed by atoms with van der Waals surface area (Å²) in [7, 11) is 0. The Labute approximate surface area is 100 Å². The predicted molar refractivity (Wildman–Crippen MR) is 67.1 cm³/mol. The lowest BCUT2D eigenvalue weighted by molar-refractivity contribution is 0.385. The van der Waals surface area contributed by atoms with Crippen molar-refractivity contribution in [1.82, 2.24) is 0 Å². The summed E-state index contributed by atoms with van der Waals surface area (Å²) in [6, 6.07) is 8.09. The Morgan fingerprint density at radius 3 is 2.69 bits per heavy atom. The van der Waals surface area contributed by atoms with E-state index >= 15 is 0 Å². The fourth-order valence-corrected chi connectivity index (χ4v) is 2.86. The molecule has 16 heavy (non-hydrogen) atoms. The van der Waals surface area contributed by atoms with Crippen molar-refractivity contribution < 1.29 is 4.42 Å². The quantitative estimate of drug-likeness (QED) is 0.666. The van der Waals surface area contributed by atoms with E-state index in [1.54, 1.807) is 0 Å². The van der Waals surface area contributed by atoms with E-state index in [0.717, 1.165) is 21.8 Å². The van der Waals surface area contributed by atoms with Crippen LogP contribution in [0.4, 0.5) is 0 Å². The Balaban J connectivity index is 2.01. The van der Waals surface area contributed by atoms with E-state index in [1.165, 1.54) is 32.1 Å². The Kier molecular flexibility index (Phi) is 2.64. The molecule has 0 unspecified atom stereocenters. The Bertz CT molecular complexity index is 494. The first-order valence-electron chi connectivity index (χ1n) is 6.02. The average molecular weight is 235 g/mol. The summed E-state index contributed by atoms with van der Waals surface area (Å²) < 4.78 is 5.91. The molecule has 0 bridgehead atoms. The number of rotatable bonds is 1. The SMILES string of the molecule is Clc1cccc2cc(C3CCCCC3)oc12. The van der Waals surface area contributed by atoms with Crippen LogP contribution in [0.15, 0.2) is 28.7 Å². The molecule has 1 saturated carbocycles. The van der Waals surface area contributed by atoms with Crippen LogP contribution < -0.4 is 0 Å². The summed E-state index contributed by atoms with van der Waals surface area (Å²) in [4.78, 5) is 0. The maximum atomic E-state index is 6.12. The number of para-hydroxylation sites is 1. The Hall–Kier alpha value is -0.950. The van der Waals surface area contributed by atoms with Gasteiger partial charge < -0.3 is 4.42 Å². The van der Waals surface area contributed by atoms with Gasteiger partial charge in [-0.2, -0.15) is 0 Å². The van der Waals surface area contributed by atoms with Crippen LogP contribution in [-0.2, 0) is 0 Å². The molecule has 1 aromatic heterocycles. The van der Waals surface area contributed by atoms with Gasteiger partial charge in [0.05, 0.1) is 5.02 Å². The lowest BCUT2D eigenvalue weighted by Gasteiger charge is -2.18. The van der Waals surface area contributed by atoms with Gasteiger partial charge in [-0.1, -0.05) is 43.0 Å². The molecule has 2 aromatic rings. The summed E-state index contributed by atoms with van der Waals surface area (Å²) in [5.41, 5.74) is 0.852. The smallest absolute Gasteiger partial charge is 0.152 e. The highest BCUT2D eigenvalue weighted by Crippen LogP contribution is 2.37. The molecule has 1 nitrogen and oxygen atoms in total. The molecule has 2 heteroatoms. The first-order valence-corrected chi connectivity index (χ1v) is 6.40. The maximum absolute atomic E-state index is 6.12. The van der Waals surface area contributed by atoms with Crippen LogP contribution in [0.3, 0.4) is 0 Å². The summed E-state index contributed by atoms with van der Waals surface area (Å²) in [6.07, 6.45) is 6.55. The van der Waals surface area contributed by atoms with Gasteiger partial charge in [-0.05, 0) is 25.0 Å². The van der Waals surface area contributed by atoms with Crippen LogP contribution in [0.5, 0.6) is 0 Å². The first-order chi connectivity index (χ1) is 7.84. The molecular weight excluding hydrogens is 220 g/mol. The Morgan fingerprint density at radius 1 is 1.12 bits per heavy atom. The zero-order valence-corrected chi connectivity index (χ0v) is 9.96. The van der Waals surface area contributed by atoms with Crippen LogP contribution >= 0.6 is 11.6 Å². The van der Waals surface area contributed by atoms with Crippen LogP contribution in [-0.4, -0.2) is 0 Å². The number of fused-ring (bicyclic) bond motifs is 1. The van der Waals surface area contributed by atoms with Gasteiger partial charge in [0.15, 0.2) is 5.58 Å². The van der Waals surface area contributed by atoms with Crippen molar-refractivity contribution in [1.29, 1.82) is 0 Å². The van der Waals surface area contributed by atoms with Crippen molar-refractivity contribution in [2.75, 3.05) is 0 Å². The molecule has 0 N–H and O–H groups in total. The number of benzene rings is 1. The summed E-state index contributed by atoms with van der Waals surface area (Å²) >= 11 is 6.12. The average Bonchev–Trinajstić information content (AvgIpc) is 2.76. The van der Waals surface area contributed by atoms with Gasteiger partial charge in [0.25, 0.3) is 0 Å². The molecule has 0 amide bonds. The molecule has 1 aliphatic rings. The molecule has 1 fully saturated rings. The molecule has 0 radical (unpaired) electrons. The zero-order chi connectivity index (χ0) is 11.0. The number of halogens is 1. The second-order valence-corrected chi connectivity index (χ2v) is 5.05. The third-order valence-electron chi connectivity index (χ3n) is 3.52. The molecule has 0 aliphatic heterocycles. The molecule has 0 saturated heterocycles. The third kappa shape index (κ3) is 1.73. The second-order valence-electron chi connectivity index (χ2n) is 4.64. The van der Waals surface area contributed by atoms with Crippen molar-refractivity contribution >= 4 is 22.6 Å². The second kappa shape index (κ2) is 4.14. The van der Waals surface area contributed by atoms with E-state index in [4.69, 9.17) is 16.0 Å². The minimum atomic E-state index is 0.609. The van der Waals surface area contributed by atoms with E-state index in [1.807, 2.05) is 12.1 Å². The maximum Gasteiger partial charge on any atom is 0.152 e. The van der Waals surface area contributed by atoms with E-state index < -0.39 is 0 Å². The molecular formula is C14H15ClO. The monoisotopic (exact) mass is 234 g/mol. The third-order valence-corrected chi connectivity index (χ3v) is 3.82. The van der Waals surface area contributed by atoms with Gasteiger partial charge >= 0.3 is 0 Å². The highest BCUT2D eigenvalue weighted by atomic mass is 35.5. The van der Waals surface area contributed by atoms with Crippen LogP contribution in [0, 0.1) is 0 Å². The Morgan fingerprint density at radius 2 is 1.94 bits per heavy atom. The normalized spacial score (nSPS) is 18.1. The fraction of sp³-hybridized carbons (Fsp3) is 0.429. The van der Waals surface area contributed by atoms with Crippen LogP contribution in [0.1, 0.15) is 43.8 Å². The fourth-order valence-electron chi connectivity index (χ4n) is 2.64. The molecule has 1 aromatic carbocycles. The van der Waals surface area contributed by atoms with Crippen LogP contribution in [0.2, 0.25) is 5.02 Å². The molecule has 1 heterocycles. The largest absolute Gasteiger partial charge is 0.459 e. The predicted octanol–water partition coefficient (Wildman–Crippen LogP) is 5.13. The highest BCUT2D eigenvalue weighted by Gasteiger charge is 2.19. The van der Waals surface area contributed by atoms with Gasteiger partial charge in [0, 0.05) is 11.3 Å². The summed E-state index contributed by atoms with van der Waals surface area (Å²) in [6.45, 7) is 0. The topological polar surface area (TPSA) is 13.1 Å². The van der Waals surface area contributed by atoms with E-state index in [2.05, 4.69) is 12.1 Å². The van der Waals surface area contributed by atoms with Crippen molar-refractivity contribution in [2.24, 2.45) is 0 Å². The highest BCUT2D eigenvalue weighted by molar-refractivity contribution is 6.34. The molecule has 3 rings (SSSR count). The first kappa shape index (κ1) is 10.2. The van der Waals surface area contributed by atoms with Gasteiger partial charge in [0.1, 0.15) is 5.76 Å². The van der Waals surface area contributed by atoms with Gasteiger partial charge in [-0.15, -0.1) is 0 Å². The summed E-state index contributed by atoms with van der Waals surface area (Å²) in [5.74, 6) is 1.74. The van der Waals surface area contributed by atoms with Gasteiger partial charge in [-0.3, -0.25) is 0 Å².